The lowest BCUT2D eigenvalue weighted by Gasteiger charge is -2.05. The van der Waals surface area contributed by atoms with Crippen LogP contribution < -0.4 is 0 Å². The summed E-state index contributed by atoms with van der Waals surface area (Å²) in [5, 5.41) is 0.231. The zero-order chi connectivity index (χ0) is 16.1. The standard InChI is InChI=1S/C15H7F6N/c16-10-4-8(5-11(17)14(10)18)13-6-7-3-9(15(19,20)21)1-2-12(7)22-13/h1-6,22H. The van der Waals surface area contributed by atoms with Crippen molar-refractivity contribution in [3.63, 3.8) is 0 Å². The summed E-state index contributed by atoms with van der Waals surface area (Å²) in [6.07, 6.45) is -4.49. The first-order chi connectivity index (χ1) is 10.3. The Hall–Kier alpha value is -2.44. The van der Waals surface area contributed by atoms with Gasteiger partial charge in [0, 0.05) is 22.2 Å². The number of rotatable bonds is 1. The Morgan fingerprint density at radius 2 is 1.45 bits per heavy atom. The van der Waals surface area contributed by atoms with Gasteiger partial charge in [0.05, 0.1) is 5.56 Å². The highest BCUT2D eigenvalue weighted by molar-refractivity contribution is 5.86. The first kappa shape index (κ1) is 14.5. The predicted molar refractivity (Wildman–Crippen MR) is 68.6 cm³/mol. The molecule has 1 N–H and O–H groups in total. The van der Waals surface area contributed by atoms with Crippen LogP contribution in [0, 0.1) is 17.5 Å². The molecule has 114 valence electrons. The number of alkyl halides is 3. The van der Waals surface area contributed by atoms with Gasteiger partial charge in [-0.15, -0.1) is 0 Å². The van der Waals surface area contributed by atoms with Crippen molar-refractivity contribution >= 4 is 10.9 Å². The molecule has 0 spiro atoms. The van der Waals surface area contributed by atoms with E-state index in [-0.39, 0.29) is 16.6 Å². The topological polar surface area (TPSA) is 15.8 Å². The number of benzene rings is 2. The maximum Gasteiger partial charge on any atom is 0.416 e. The minimum atomic E-state index is -4.49. The van der Waals surface area contributed by atoms with E-state index in [1.165, 1.54) is 12.1 Å². The summed E-state index contributed by atoms with van der Waals surface area (Å²) in [6, 6.07) is 5.90. The summed E-state index contributed by atoms with van der Waals surface area (Å²) in [5.41, 5.74) is -0.275. The van der Waals surface area contributed by atoms with Crippen molar-refractivity contribution in [1.29, 1.82) is 0 Å². The molecule has 0 saturated carbocycles. The normalized spacial score (nSPS) is 12.1. The second kappa shape index (κ2) is 4.79. The lowest BCUT2D eigenvalue weighted by molar-refractivity contribution is -0.137. The van der Waals surface area contributed by atoms with Gasteiger partial charge in [-0.05, 0) is 36.4 Å². The van der Waals surface area contributed by atoms with Gasteiger partial charge < -0.3 is 4.98 Å². The number of nitrogens with one attached hydrogen (secondary N) is 1. The van der Waals surface area contributed by atoms with Crippen LogP contribution in [0.2, 0.25) is 0 Å². The first-order valence-corrected chi connectivity index (χ1v) is 6.10. The second-order valence-corrected chi connectivity index (χ2v) is 4.74. The molecule has 22 heavy (non-hydrogen) atoms. The lowest BCUT2D eigenvalue weighted by atomic mass is 10.1. The van der Waals surface area contributed by atoms with E-state index < -0.39 is 29.2 Å². The van der Waals surface area contributed by atoms with Crippen molar-refractivity contribution in [2.24, 2.45) is 0 Å². The van der Waals surface area contributed by atoms with Crippen LogP contribution >= 0.6 is 0 Å². The Kier molecular flexibility index (Phi) is 3.16. The largest absolute Gasteiger partial charge is 0.416 e. The SMILES string of the molecule is Fc1cc(-c2cc3cc(C(F)(F)F)ccc3[nH]2)cc(F)c1F. The lowest BCUT2D eigenvalue weighted by Crippen LogP contribution is -2.03. The average Bonchev–Trinajstić information content (AvgIpc) is 2.86. The van der Waals surface area contributed by atoms with E-state index in [2.05, 4.69) is 4.98 Å². The molecule has 2 aromatic carbocycles. The van der Waals surface area contributed by atoms with E-state index in [9.17, 15) is 26.3 Å². The number of hydrogen-bond donors (Lipinski definition) is 1. The van der Waals surface area contributed by atoms with Crippen LogP contribution in [0.15, 0.2) is 36.4 Å². The van der Waals surface area contributed by atoms with Crippen molar-refractivity contribution < 1.29 is 26.3 Å². The van der Waals surface area contributed by atoms with Crippen LogP contribution in [-0.2, 0) is 6.18 Å². The highest BCUT2D eigenvalue weighted by Gasteiger charge is 2.30. The highest BCUT2D eigenvalue weighted by Crippen LogP contribution is 2.33. The number of aromatic amines is 1. The van der Waals surface area contributed by atoms with Crippen LogP contribution in [-0.4, -0.2) is 4.98 Å². The van der Waals surface area contributed by atoms with Crippen molar-refractivity contribution in [3.8, 4) is 11.3 Å². The summed E-state index contributed by atoms with van der Waals surface area (Å²) in [7, 11) is 0. The third-order valence-electron chi connectivity index (χ3n) is 3.24. The van der Waals surface area contributed by atoms with Gasteiger partial charge in [-0.25, -0.2) is 13.2 Å². The molecule has 0 bridgehead atoms. The third kappa shape index (κ3) is 2.43. The van der Waals surface area contributed by atoms with E-state index >= 15 is 0 Å². The molecule has 0 unspecified atom stereocenters. The Bertz CT molecular complexity index is 839. The quantitative estimate of drug-likeness (QED) is 0.465. The molecule has 0 aliphatic heterocycles. The van der Waals surface area contributed by atoms with Crippen LogP contribution in [0.25, 0.3) is 22.2 Å². The molecular weight excluding hydrogens is 308 g/mol. The van der Waals surface area contributed by atoms with Crippen LogP contribution in [0.4, 0.5) is 26.3 Å². The fourth-order valence-corrected chi connectivity index (χ4v) is 2.18. The van der Waals surface area contributed by atoms with Gasteiger partial charge in [-0.2, -0.15) is 13.2 Å². The van der Waals surface area contributed by atoms with E-state index in [0.717, 1.165) is 24.3 Å². The van der Waals surface area contributed by atoms with E-state index in [1.807, 2.05) is 0 Å². The molecule has 3 aromatic rings. The zero-order valence-corrected chi connectivity index (χ0v) is 10.7. The molecule has 0 aliphatic carbocycles. The van der Waals surface area contributed by atoms with Crippen LogP contribution in [0.3, 0.4) is 0 Å². The van der Waals surface area contributed by atoms with Gasteiger partial charge in [0.25, 0.3) is 0 Å². The van der Waals surface area contributed by atoms with E-state index in [1.54, 1.807) is 0 Å². The molecule has 0 radical (unpaired) electrons. The van der Waals surface area contributed by atoms with Crippen molar-refractivity contribution in [2.45, 2.75) is 6.18 Å². The second-order valence-electron chi connectivity index (χ2n) is 4.74. The van der Waals surface area contributed by atoms with Crippen molar-refractivity contribution in [2.75, 3.05) is 0 Å². The molecule has 1 nitrogen and oxygen atoms in total. The third-order valence-corrected chi connectivity index (χ3v) is 3.24. The number of H-pyrrole nitrogens is 1. The van der Waals surface area contributed by atoms with Gasteiger partial charge in [0.2, 0.25) is 0 Å². The summed E-state index contributed by atoms with van der Waals surface area (Å²) >= 11 is 0. The highest BCUT2D eigenvalue weighted by atomic mass is 19.4. The molecule has 0 amide bonds. The molecular formula is C15H7F6N. The molecule has 0 fully saturated rings. The molecule has 7 heteroatoms. The molecule has 0 aliphatic rings. The zero-order valence-electron chi connectivity index (χ0n) is 10.7. The number of halogens is 6. The Morgan fingerprint density at radius 1 is 0.818 bits per heavy atom. The van der Waals surface area contributed by atoms with Crippen molar-refractivity contribution in [1.82, 2.24) is 4.98 Å². The monoisotopic (exact) mass is 315 g/mol. The summed E-state index contributed by atoms with van der Waals surface area (Å²) < 4.78 is 77.3. The Labute approximate surface area is 120 Å². The van der Waals surface area contributed by atoms with E-state index in [4.69, 9.17) is 0 Å². The average molecular weight is 315 g/mol. The van der Waals surface area contributed by atoms with Crippen molar-refractivity contribution in [3.05, 3.63) is 59.4 Å². The van der Waals surface area contributed by atoms with Crippen LogP contribution in [0.5, 0.6) is 0 Å². The number of hydrogen-bond acceptors (Lipinski definition) is 0. The fourth-order valence-electron chi connectivity index (χ4n) is 2.18. The summed E-state index contributed by atoms with van der Waals surface area (Å²) in [5.74, 6) is -4.34. The minimum absolute atomic E-state index is 0.00107. The molecule has 1 heterocycles. The van der Waals surface area contributed by atoms with Gasteiger partial charge in [-0.1, -0.05) is 0 Å². The van der Waals surface area contributed by atoms with Crippen LogP contribution in [0.1, 0.15) is 5.56 Å². The first-order valence-electron chi connectivity index (χ1n) is 6.10. The Morgan fingerprint density at radius 3 is 2.05 bits per heavy atom. The fraction of sp³-hybridized carbons (Fsp3) is 0.0667. The smallest absolute Gasteiger partial charge is 0.355 e. The number of fused-ring (bicyclic) bond motifs is 1. The maximum atomic E-state index is 13.2. The summed E-state index contributed by atoms with van der Waals surface area (Å²) in [6.45, 7) is 0. The molecule has 0 saturated heterocycles. The minimum Gasteiger partial charge on any atom is -0.355 e. The Balaban J connectivity index is 2.13. The van der Waals surface area contributed by atoms with Gasteiger partial charge in [-0.3, -0.25) is 0 Å². The molecule has 3 rings (SSSR count). The molecule has 0 atom stereocenters. The van der Waals surface area contributed by atoms with Gasteiger partial charge in [0.15, 0.2) is 17.5 Å². The predicted octanol–water partition coefficient (Wildman–Crippen LogP) is 5.27. The number of aromatic nitrogens is 1. The van der Waals surface area contributed by atoms with Gasteiger partial charge in [0.1, 0.15) is 0 Å². The molecule has 1 aromatic heterocycles. The summed E-state index contributed by atoms with van der Waals surface area (Å²) in [4.78, 5) is 2.74. The van der Waals surface area contributed by atoms with Gasteiger partial charge >= 0.3 is 6.18 Å². The van der Waals surface area contributed by atoms with E-state index in [0.29, 0.717) is 5.52 Å². The maximum absolute atomic E-state index is 13.2.